The third-order valence-corrected chi connectivity index (χ3v) is 1.05. The second-order valence-electron chi connectivity index (χ2n) is 1.78. The van der Waals surface area contributed by atoms with Crippen molar-refractivity contribution in [1.29, 1.82) is 0 Å². The summed E-state index contributed by atoms with van der Waals surface area (Å²) in [6.45, 7) is -0.934. The Morgan fingerprint density at radius 3 is 2.36 bits per heavy atom. The fourth-order valence-corrected chi connectivity index (χ4v) is 0.465. The van der Waals surface area contributed by atoms with Crippen LogP contribution in [0.25, 0.3) is 0 Å². The average Bonchev–Trinajstić information content (AvgIpc) is 1.98. The van der Waals surface area contributed by atoms with Gasteiger partial charge >= 0.3 is 0 Å². The summed E-state index contributed by atoms with van der Waals surface area (Å²) in [7, 11) is 0. The SMILES string of the molecule is O=CO[C@H](CO)C(O)C(F)F. The second-order valence-corrected chi connectivity index (χ2v) is 1.78. The van der Waals surface area contributed by atoms with Crippen LogP contribution in [0, 0.1) is 0 Å². The minimum absolute atomic E-state index is 0.105. The standard InChI is InChI=1S/C5H8F2O4/c6-5(7)4(10)3(1-8)11-2-9/h2-5,8,10H,1H2/t3-,4?/m1/s1. The van der Waals surface area contributed by atoms with Gasteiger partial charge < -0.3 is 14.9 Å². The number of hydrogen-bond acceptors (Lipinski definition) is 4. The molecular formula is C5H8F2O4. The zero-order chi connectivity index (χ0) is 8.85. The summed E-state index contributed by atoms with van der Waals surface area (Å²) in [6.07, 6.45) is -6.72. The van der Waals surface area contributed by atoms with Crippen molar-refractivity contribution in [2.75, 3.05) is 6.61 Å². The predicted molar refractivity (Wildman–Crippen MR) is 30.0 cm³/mol. The van der Waals surface area contributed by atoms with Crippen molar-refractivity contribution in [3.63, 3.8) is 0 Å². The van der Waals surface area contributed by atoms with Crippen LogP contribution in [0.5, 0.6) is 0 Å². The number of alkyl halides is 2. The first kappa shape index (κ1) is 10.2. The molecule has 0 saturated carbocycles. The third-order valence-electron chi connectivity index (χ3n) is 1.05. The van der Waals surface area contributed by atoms with Crippen LogP contribution in [0.2, 0.25) is 0 Å². The van der Waals surface area contributed by atoms with E-state index in [0.29, 0.717) is 0 Å². The van der Waals surface area contributed by atoms with E-state index < -0.39 is 25.2 Å². The van der Waals surface area contributed by atoms with Crippen molar-refractivity contribution in [2.24, 2.45) is 0 Å². The van der Waals surface area contributed by atoms with E-state index in [9.17, 15) is 13.6 Å². The van der Waals surface area contributed by atoms with Crippen LogP contribution < -0.4 is 0 Å². The van der Waals surface area contributed by atoms with Crippen LogP contribution in [-0.4, -0.2) is 41.9 Å². The van der Waals surface area contributed by atoms with Crippen molar-refractivity contribution < 1.29 is 28.5 Å². The van der Waals surface area contributed by atoms with Crippen LogP contribution in [0.4, 0.5) is 8.78 Å². The first-order valence-electron chi connectivity index (χ1n) is 2.79. The lowest BCUT2D eigenvalue weighted by atomic mass is 10.2. The van der Waals surface area contributed by atoms with Crippen molar-refractivity contribution in [3.05, 3.63) is 0 Å². The normalized spacial score (nSPS) is 16.1. The number of carbonyl (C=O) groups excluding carboxylic acids is 1. The Hall–Kier alpha value is -0.750. The van der Waals surface area contributed by atoms with E-state index in [-0.39, 0.29) is 6.47 Å². The number of ether oxygens (including phenoxy) is 1. The third kappa shape index (κ3) is 3.24. The van der Waals surface area contributed by atoms with Gasteiger partial charge in [-0.2, -0.15) is 0 Å². The Balaban J connectivity index is 3.90. The van der Waals surface area contributed by atoms with E-state index in [4.69, 9.17) is 10.2 Å². The van der Waals surface area contributed by atoms with Gasteiger partial charge in [-0.3, -0.25) is 4.79 Å². The quantitative estimate of drug-likeness (QED) is 0.527. The van der Waals surface area contributed by atoms with Crippen LogP contribution in [0.1, 0.15) is 0 Å². The van der Waals surface area contributed by atoms with Gasteiger partial charge in [0.15, 0.2) is 12.2 Å². The highest BCUT2D eigenvalue weighted by molar-refractivity contribution is 5.37. The van der Waals surface area contributed by atoms with Crippen molar-refractivity contribution in [1.82, 2.24) is 0 Å². The molecule has 0 aliphatic carbocycles. The van der Waals surface area contributed by atoms with Gasteiger partial charge in [0.25, 0.3) is 12.9 Å². The molecule has 0 spiro atoms. The van der Waals surface area contributed by atoms with Crippen LogP contribution in [-0.2, 0) is 9.53 Å². The monoisotopic (exact) mass is 170 g/mol. The average molecular weight is 170 g/mol. The number of aliphatic hydroxyl groups is 2. The molecule has 0 radical (unpaired) electrons. The highest BCUT2D eigenvalue weighted by atomic mass is 19.3. The maximum Gasteiger partial charge on any atom is 0.293 e. The zero-order valence-corrected chi connectivity index (χ0v) is 5.48. The topological polar surface area (TPSA) is 66.8 Å². The molecule has 0 aliphatic rings. The summed E-state index contributed by atoms with van der Waals surface area (Å²) in [5.41, 5.74) is 0. The summed E-state index contributed by atoms with van der Waals surface area (Å²) >= 11 is 0. The molecule has 0 fully saturated rings. The van der Waals surface area contributed by atoms with Gasteiger partial charge in [0.2, 0.25) is 0 Å². The highest BCUT2D eigenvalue weighted by Crippen LogP contribution is 2.07. The fraction of sp³-hybridized carbons (Fsp3) is 0.800. The summed E-state index contributed by atoms with van der Waals surface area (Å²) in [5, 5.41) is 16.8. The molecule has 0 aromatic heterocycles. The minimum atomic E-state index is -3.04. The summed E-state index contributed by atoms with van der Waals surface area (Å²) < 4.78 is 27.2. The van der Waals surface area contributed by atoms with Gasteiger partial charge in [-0.25, -0.2) is 8.78 Å². The Morgan fingerprint density at radius 1 is 1.55 bits per heavy atom. The number of carbonyl (C=O) groups is 1. The Labute approximate surface area is 61.4 Å². The zero-order valence-electron chi connectivity index (χ0n) is 5.48. The molecule has 1 unspecified atom stereocenters. The molecule has 6 heteroatoms. The Morgan fingerprint density at radius 2 is 2.09 bits per heavy atom. The lowest BCUT2D eigenvalue weighted by molar-refractivity contribution is -0.151. The van der Waals surface area contributed by atoms with Crippen LogP contribution in [0.3, 0.4) is 0 Å². The largest absolute Gasteiger partial charge is 0.459 e. The lowest BCUT2D eigenvalue weighted by Crippen LogP contribution is -2.37. The van der Waals surface area contributed by atoms with Crippen LogP contribution >= 0.6 is 0 Å². The maximum atomic E-state index is 11.6. The van der Waals surface area contributed by atoms with Gasteiger partial charge in [-0.05, 0) is 0 Å². The summed E-state index contributed by atoms with van der Waals surface area (Å²) in [5.74, 6) is 0. The van der Waals surface area contributed by atoms with E-state index in [2.05, 4.69) is 4.74 Å². The maximum absolute atomic E-state index is 11.6. The van der Waals surface area contributed by atoms with Crippen molar-refractivity contribution in [3.8, 4) is 0 Å². The molecule has 0 bridgehead atoms. The highest BCUT2D eigenvalue weighted by Gasteiger charge is 2.28. The van der Waals surface area contributed by atoms with E-state index in [1.807, 2.05) is 0 Å². The number of aliphatic hydroxyl groups excluding tert-OH is 2. The van der Waals surface area contributed by atoms with E-state index >= 15 is 0 Å². The molecule has 4 nitrogen and oxygen atoms in total. The smallest absolute Gasteiger partial charge is 0.293 e. The number of hydrogen-bond donors (Lipinski definition) is 2. The molecule has 0 aliphatic heterocycles. The van der Waals surface area contributed by atoms with E-state index in [1.165, 1.54) is 0 Å². The molecule has 0 aromatic rings. The fourth-order valence-electron chi connectivity index (χ4n) is 0.465. The van der Waals surface area contributed by atoms with Crippen LogP contribution in [0.15, 0.2) is 0 Å². The number of halogens is 2. The molecular weight excluding hydrogens is 162 g/mol. The van der Waals surface area contributed by atoms with Gasteiger partial charge in [-0.15, -0.1) is 0 Å². The van der Waals surface area contributed by atoms with Crippen molar-refractivity contribution >= 4 is 6.47 Å². The molecule has 0 amide bonds. The molecule has 0 saturated heterocycles. The molecule has 2 atom stereocenters. The summed E-state index contributed by atoms with van der Waals surface area (Å²) in [6, 6.07) is 0. The summed E-state index contributed by atoms with van der Waals surface area (Å²) in [4.78, 5) is 9.61. The van der Waals surface area contributed by atoms with Crippen molar-refractivity contribution in [2.45, 2.75) is 18.6 Å². The molecule has 2 N–H and O–H groups in total. The van der Waals surface area contributed by atoms with E-state index in [1.54, 1.807) is 0 Å². The molecule has 11 heavy (non-hydrogen) atoms. The molecule has 66 valence electrons. The van der Waals surface area contributed by atoms with Gasteiger partial charge in [-0.1, -0.05) is 0 Å². The van der Waals surface area contributed by atoms with E-state index in [0.717, 1.165) is 0 Å². The number of rotatable bonds is 5. The van der Waals surface area contributed by atoms with Gasteiger partial charge in [0, 0.05) is 0 Å². The first-order chi connectivity index (χ1) is 5.13. The lowest BCUT2D eigenvalue weighted by Gasteiger charge is -2.17. The van der Waals surface area contributed by atoms with Gasteiger partial charge in [0.1, 0.15) is 0 Å². The second kappa shape index (κ2) is 4.97. The first-order valence-corrected chi connectivity index (χ1v) is 2.79. The Bertz CT molecular complexity index is 119. The molecule has 0 rings (SSSR count). The molecule has 0 aromatic carbocycles. The minimum Gasteiger partial charge on any atom is -0.459 e. The molecule has 0 heterocycles. The van der Waals surface area contributed by atoms with Gasteiger partial charge in [0.05, 0.1) is 6.61 Å². The predicted octanol–water partition coefficient (Wildman–Crippen LogP) is -0.854. The Kier molecular flexibility index (Phi) is 4.64.